The van der Waals surface area contributed by atoms with Crippen molar-refractivity contribution in [3.8, 4) is 5.75 Å². The molecular weight excluding hydrogens is 411 g/mol. The van der Waals surface area contributed by atoms with Gasteiger partial charge in [-0.25, -0.2) is 0 Å². The highest BCUT2D eigenvalue weighted by molar-refractivity contribution is 5.86. The van der Waals surface area contributed by atoms with Gasteiger partial charge in [0.25, 0.3) is 0 Å². The zero-order chi connectivity index (χ0) is 22.2. The first-order valence-electron chi connectivity index (χ1n) is 10.2. The average Bonchev–Trinajstić information content (AvgIpc) is 3.26. The van der Waals surface area contributed by atoms with Gasteiger partial charge in [0.1, 0.15) is 24.2 Å². The first-order valence-corrected chi connectivity index (χ1v) is 10.2. The van der Waals surface area contributed by atoms with Crippen LogP contribution in [0.1, 0.15) is 29.9 Å². The van der Waals surface area contributed by atoms with E-state index in [0.29, 0.717) is 48.3 Å². The van der Waals surface area contributed by atoms with Crippen LogP contribution in [0.3, 0.4) is 0 Å². The summed E-state index contributed by atoms with van der Waals surface area (Å²) >= 11 is 0. The molecule has 0 saturated carbocycles. The molecule has 6 nitrogen and oxygen atoms in total. The number of halogens is 3. The molecule has 1 amide bonds. The highest BCUT2D eigenvalue weighted by atomic mass is 19.4. The summed E-state index contributed by atoms with van der Waals surface area (Å²) < 4.78 is 50.8. The Morgan fingerprint density at radius 2 is 1.97 bits per heavy atom. The van der Waals surface area contributed by atoms with Crippen molar-refractivity contribution in [1.82, 2.24) is 14.6 Å². The number of hydrogen-bond donors (Lipinski definition) is 0. The Hall–Kier alpha value is -2.97. The van der Waals surface area contributed by atoms with Gasteiger partial charge in [0.05, 0.1) is 17.6 Å². The third-order valence-corrected chi connectivity index (χ3v) is 5.72. The molecule has 9 heteroatoms. The minimum atomic E-state index is -4.29. The van der Waals surface area contributed by atoms with E-state index in [0.717, 1.165) is 11.3 Å². The van der Waals surface area contributed by atoms with Gasteiger partial charge >= 0.3 is 6.18 Å². The quantitative estimate of drug-likeness (QED) is 0.595. The Morgan fingerprint density at radius 3 is 2.61 bits per heavy atom. The molecule has 1 fully saturated rings. The Kier molecular flexibility index (Phi) is 5.68. The van der Waals surface area contributed by atoms with Crippen molar-refractivity contribution < 1.29 is 27.2 Å². The van der Waals surface area contributed by atoms with Crippen LogP contribution in [0.15, 0.2) is 35.0 Å². The molecular formula is C22H24F3N3O3. The Labute approximate surface area is 177 Å². The zero-order valence-electron chi connectivity index (χ0n) is 17.4. The largest absolute Gasteiger partial charge is 0.490 e. The highest BCUT2D eigenvalue weighted by Gasteiger charge is 2.29. The van der Waals surface area contributed by atoms with Crippen LogP contribution in [0, 0.1) is 13.8 Å². The van der Waals surface area contributed by atoms with Crippen molar-refractivity contribution in [2.45, 2.75) is 51.9 Å². The van der Waals surface area contributed by atoms with Crippen LogP contribution in [0.2, 0.25) is 0 Å². The minimum Gasteiger partial charge on any atom is -0.490 e. The van der Waals surface area contributed by atoms with E-state index in [4.69, 9.17) is 9.26 Å². The molecule has 1 aliphatic rings. The zero-order valence-corrected chi connectivity index (χ0v) is 17.4. The SMILES string of the molecule is Cc1noc(C)c1CC(=O)N1CCC(Oc2cccc3c2ccn3CC(F)(F)F)CC1. The molecule has 1 aliphatic heterocycles. The molecule has 31 heavy (non-hydrogen) atoms. The summed E-state index contributed by atoms with van der Waals surface area (Å²) in [5, 5.41) is 4.55. The molecule has 0 N–H and O–H groups in total. The van der Waals surface area contributed by atoms with Crippen molar-refractivity contribution in [3.05, 3.63) is 47.5 Å². The minimum absolute atomic E-state index is 0.0270. The first kappa shape index (κ1) is 21.3. The summed E-state index contributed by atoms with van der Waals surface area (Å²) in [6.45, 7) is 3.72. The number of piperidine rings is 1. The number of ether oxygens (including phenoxy) is 1. The van der Waals surface area contributed by atoms with Crippen molar-refractivity contribution in [2.75, 3.05) is 13.1 Å². The van der Waals surface area contributed by atoms with Crippen LogP contribution in [0.4, 0.5) is 13.2 Å². The molecule has 1 aromatic carbocycles. The fourth-order valence-electron chi connectivity index (χ4n) is 4.05. The number of alkyl halides is 3. The van der Waals surface area contributed by atoms with E-state index in [1.165, 1.54) is 10.8 Å². The van der Waals surface area contributed by atoms with E-state index in [1.807, 2.05) is 11.8 Å². The lowest BCUT2D eigenvalue weighted by molar-refractivity contribution is -0.140. The maximum atomic E-state index is 12.8. The Bertz CT molecular complexity index is 1060. The normalized spacial score (nSPS) is 15.6. The topological polar surface area (TPSA) is 60.5 Å². The molecule has 3 aromatic rings. The van der Waals surface area contributed by atoms with Gasteiger partial charge in [-0.1, -0.05) is 11.2 Å². The summed E-state index contributed by atoms with van der Waals surface area (Å²) in [6, 6.07) is 6.78. The smallest absolute Gasteiger partial charge is 0.406 e. The molecule has 3 heterocycles. The number of carbonyl (C=O) groups is 1. The lowest BCUT2D eigenvalue weighted by Crippen LogP contribution is -2.42. The second-order valence-electron chi connectivity index (χ2n) is 7.93. The lowest BCUT2D eigenvalue weighted by Gasteiger charge is -2.32. The summed E-state index contributed by atoms with van der Waals surface area (Å²) in [5.41, 5.74) is 2.05. The second-order valence-corrected chi connectivity index (χ2v) is 7.93. The molecule has 0 atom stereocenters. The number of likely N-dealkylation sites (tertiary alicyclic amines) is 1. The Balaban J connectivity index is 1.38. The predicted molar refractivity (Wildman–Crippen MR) is 108 cm³/mol. The molecule has 0 unspecified atom stereocenters. The molecule has 4 rings (SSSR count). The molecule has 1 saturated heterocycles. The number of benzene rings is 1. The Morgan fingerprint density at radius 1 is 1.23 bits per heavy atom. The van der Waals surface area contributed by atoms with Crippen molar-refractivity contribution in [2.24, 2.45) is 0 Å². The van der Waals surface area contributed by atoms with Gasteiger partial charge in [0.15, 0.2) is 0 Å². The van der Waals surface area contributed by atoms with Crippen molar-refractivity contribution in [3.63, 3.8) is 0 Å². The lowest BCUT2D eigenvalue weighted by atomic mass is 10.1. The van der Waals surface area contributed by atoms with Gasteiger partial charge in [0.2, 0.25) is 5.91 Å². The number of carbonyl (C=O) groups excluding carboxylic acids is 1. The van der Waals surface area contributed by atoms with E-state index in [-0.39, 0.29) is 18.4 Å². The summed E-state index contributed by atoms with van der Waals surface area (Å²) in [5.74, 6) is 1.26. The van der Waals surface area contributed by atoms with Crippen LogP contribution in [0.5, 0.6) is 5.75 Å². The second kappa shape index (κ2) is 8.28. The fourth-order valence-corrected chi connectivity index (χ4v) is 4.05. The van der Waals surface area contributed by atoms with Gasteiger partial charge in [-0.15, -0.1) is 0 Å². The van der Waals surface area contributed by atoms with Crippen LogP contribution in [-0.2, 0) is 17.8 Å². The maximum absolute atomic E-state index is 12.8. The van der Waals surface area contributed by atoms with Gasteiger partial charge in [-0.05, 0) is 32.0 Å². The third kappa shape index (κ3) is 4.70. The monoisotopic (exact) mass is 435 g/mol. The van der Waals surface area contributed by atoms with E-state index >= 15 is 0 Å². The molecule has 0 bridgehead atoms. The van der Waals surface area contributed by atoms with Gasteiger partial charge in [0, 0.05) is 43.1 Å². The van der Waals surface area contributed by atoms with Crippen molar-refractivity contribution >= 4 is 16.8 Å². The number of rotatable bonds is 5. The van der Waals surface area contributed by atoms with E-state index < -0.39 is 12.7 Å². The van der Waals surface area contributed by atoms with Gasteiger partial charge in [-0.3, -0.25) is 4.79 Å². The van der Waals surface area contributed by atoms with E-state index in [1.54, 1.807) is 31.2 Å². The standard InChI is InChI=1S/C22H24F3N3O3/c1-14-18(15(2)31-26-14)12-21(29)27-9-6-16(7-10-27)30-20-5-3-4-19-17(20)8-11-28(19)13-22(23,24)25/h3-5,8,11,16H,6-7,9-10,12-13H2,1-2H3. The number of hydrogen-bond acceptors (Lipinski definition) is 4. The van der Waals surface area contributed by atoms with E-state index in [9.17, 15) is 18.0 Å². The molecule has 0 spiro atoms. The number of nitrogens with zero attached hydrogens (tertiary/aromatic N) is 3. The van der Waals surface area contributed by atoms with Gasteiger partial charge in [-0.2, -0.15) is 13.2 Å². The highest BCUT2D eigenvalue weighted by Crippen LogP contribution is 2.31. The maximum Gasteiger partial charge on any atom is 0.406 e. The number of fused-ring (bicyclic) bond motifs is 1. The summed E-state index contributed by atoms with van der Waals surface area (Å²) in [6.07, 6.45) is -1.37. The average molecular weight is 435 g/mol. The van der Waals surface area contributed by atoms with Crippen LogP contribution in [0.25, 0.3) is 10.9 Å². The van der Waals surface area contributed by atoms with Crippen LogP contribution >= 0.6 is 0 Å². The fraction of sp³-hybridized carbons (Fsp3) is 0.455. The van der Waals surface area contributed by atoms with Gasteiger partial charge < -0.3 is 18.7 Å². The molecule has 0 radical (unpaired) electrons. The van der Waals surface area contributed by atoms with E-state index in [2.05, 4.69) is 5.16 Å². The molecule has 2 aromatic heterocycles. The number of aromatic nitrogens is 2. The number of amides is 1. The van der Waals surface area contributed by atoms with Crippen molar-refractivity contribution in [1.29, 1.82) is 0 Å². The molecule has 166 valence electrons. The summed E-state index contributed by atoms with van der Waals surface area (Å²) in [7, 11) is 0. The summed E-state index contributed by atoms with van der Waals surface area (Å²) in [4.78, 5) is 14.5. The predicted octanol–water partition coefficient (Wildman–Crippen LogP) is 4.42. The first-order chi connectivity index (χ1) is 14.7. The third-order valence-electron chi connectivity index (χ3n) is 5.72. The molecule has 0 aliphatic carbocycles. The van der Waals surface area contributed by atoms with Crippen LogP contribution in [-0.4, -0.2) is 45.9 Å². The van der Waals surface area contributed by atoms with Crippen LogP contribution < -0.4 is 4.74 Å². The number of aryl methyl sites for hydroxylation is 2.